The third-order valence-electron chi connectivity index (χ3n) is 3.99. The van der Waals surface area contributed by atoms with E-state index in [0.29, 0.717) is 35.2 Å². The van der Waals surface area contributed by atoms with Gasteiger partial charge in [0.2, 0.25) is 0 Å². The third-order valence-corrected chi connectivity index (χ3v) is 4.32. The molecule has 1 aliphatic heterocycles. The van der Waals surface area contributed by atoms with E-state index in [-0.39, 0.29) is 18.1 Å². The van der Waals surface area contributed by atoms with Crippen LogP contribution in [0.3, 0.4) is 0 Å². The minimum atomic E-state index is -0.0217. The van der Waals surface area contributed by atoms with Crippen LogP contribution in [0.2, 0.25) is 5.02 Å². The van der Waals surface area contributed by atoms with Crippen LogP contribution >= 0.6 is 11.6 Å². The number of hydrogen-bond donors (Lipinski definition) is 0. The number of ether oxygens (including phenoxy) is 1. The van der Waals surface area contributed by atoms with Gasteiger partial charge in [-0.2, -0.15) is 0 Å². The fraction of sp³-hybridized carbons (Fsp3) is 0.389. The van der Waals surface area contributed by atoms with E-state index in [1.807, 2.05) is 43.0 Å². The minimum Gasteiger partial charge on any atom is -0.460 e. The summed E-state index contributed by atoms with van der Waals surface area (Å²) in [6, 6.07) is 9.23. The third kappa shape index (κ3) is 3.28. The highest BCUT2D eigenvalue weighted by molar-refractivity contribution is 6.33. The van der Waals surface area contributed by atoms with E-state index in [9.17, 15) is 4.79 Å². The quantitative estimate of drug-likeness (QED) is 0.828. The second-order valence-electron chi connectivity index (χ2n) is 6.03. The van der Waals surface area contributed by atoms with Crippen molar-refractivity contribution in [3.05, 3.63) is 46.7 Å². The molecule has 1 aromatic heterocycles. The second kappa shape index (κ2) is 6.38. The van der Waals surface area contributed by atoms with Crippen LogP contribution in [0, 0.1) is 6.92 Å². The van der Waals surface area contributed by atoms with Crippen molar-refractivity contribution in [1.29, 1.82) is 0 Å². The lowest BCUT2D eigenvalue weighted by molar-refractivity contribution is -0.0586. The number of benzene rings is 1. The molecule has 0 spiro atoms. The zero-order valence-corrected chi connectivity index (χ0v) is 14.3. The molecule has 3 rings (SSSR count). The average molecular weight is 334 g/mol. The largest absolute Gasteiger partial charge is 0.460 e. The Labute approximate surface area is 141 Å². The summed E-state index contributed by atoms with van der Waals surface area (Å²) in [5.74, 6) is 1.20. The fourth-order valence-corrected chi connectivity index (χ4v) is 3.23. The monoisotopic (exact) mass is 333 g/mol. The first kappa shape index (κ1) is 16.1. The Morgan fingerprint density at radius 1 is 1.22 bits per heavy atom. The molecule has 5 heteroatoms. The standard InChI is InChI=1S/C18H20ClNO3/c1-11-9-20(10-12(2)22-11)18(21)15-8-17(23-13(15)3)14-6-4-5-7-16(14)19/h4-8,11-12H,9-10H2,1-3H3/t11-,12+. The van der Waals surface area contributed by atoms with Crippen LogP contribution in [0.1, 0.15) is 30.0 Å². The number of nitrogens with zero attached hydrogens (tertiary/aromatic N) is 1. The second-order valence-corrected chi connectivity index (χ2v) is 6.44. The molecule has 1 saturated heterocycles. The average Bonchev–Trinajstić information content (AvgIpc) is 2.87. The molecule has 0 unspecified atom stereocenters. The number of carbonyl (C=O) groups excluding carboxylic acids is 1. The molecule has 0 saturated carbocycles. The van der Waals surface area contributed by atoms with Gasteiger partial charge in [0.05, 0.1) is 22.8 Å². The van der Waals surface area contributed by atoms with Crippen LogP contribution in [-0.4, -0.2) is 36.1 Å². The molecule has 4 nitrogen and oxygen atoms in total. The van der Waals surface area contributed by atoms with E-state index in [1.54, 1.807) is 13.0 Å². The van der Waals surface area contributed by atoms with Crippen molar-refractivity contribution in [1.82, 2.24) is 4.90 Å². The molecule has 0 radical (unpaired) electrons. The predicted molar refractivity (Wildman–Crippen MR) is 89.8 cm³/mol. The van der Waals surface area contributed by atoms with Gasteiger partial charge < -0.3 is 14.1 Å². The predicted octanol–water partition coefficient (Wildman–Crippen LogP) is 4.16. The molecule has 2 atom stereocenters. The summed E-state index contributed by atoms with van der Waals surface area (Å²) in [6.07, 6.45) is 0.0795. The molecule has 0 aliphatic carbocycles. The summed E-state index contributed by atoms with van der Waals surface area (Å²) in [4.78, 5) is 14.6. The summed E-state index contributed by atoms with van der Waals surface area (Å²) in [5, 5.41) is 0.605. The van der Waals surface area contributed by atoms with Gasteiger partial charge in [0.25, 0.3) is 5.91 Å². The minimum absolute atomic E-state index is 0.0217. The van der Waals surface area contributed by atoms with E-state index in [0.717, 1.165) is 5.56 Å². The Balaban J connectivity index is 1.89. The fourth-order valence-electron chi connectivity index (χ4n) is 3.00. The summed E-state index contributed by atoms with van der Waals surface area (Å²) < 4.78 is 11.5. The van der Waals surface area contributed by atoms with Crippen LogP contribution in [0.15, 0.2) is 34.7 Å². The van der Waals surface area contributed by atoms with Gasteiger partial charge in [-0.1, -0.05) is 23.7 Å². The van der Waals surface area contributed by atoms with Gasteiger partial charge in [0.1, 0.15) is 11.5 Å². The van der Waals surface area contributed by atoms with Crippen LogP contribution in [0.4, 0.5) is 0 Å². The van der Waals surface area contributed by atoms with Crippen LogP contribution < -0.4 is 0 Å². The lowest BCUT2D eigenvalue weighted by Gasteiger charge is -2.35. The van der Waals surface area contributed by atoms with Gasteiger partial charge in [0, 0.05) is 18.7 Å². The van der Waals surface area contributed by atoms with Gasteiger partial charge in [-0.05, 0) is 39.0 Å². The number of aryl methyl sites for hydroxylation is 1. The van der Waals surface area contributed by atoms with Crippen molar-refractivity contribution in [3.63, 3.8) is 0 Å². The number of rotatable bonds is 2. The van der Waals surface area contributed by atoms with Crippen LogP contribution in [0.5, 0.6) is 0 Å². The number of morpholine rings is 1. The van der Waals surface area contributed by atoms with Crippen LogP contribution in [-0.2, 0) is 4.74 Å². The molecule has 2 heterocycles. The number of carbonyl (C=O) groups is 1. The molecular formula is C18H20ClNO3. The first-order valence-electron chi connectivity index (χ1n) is 7.75. The Morgan fingerprint density at radius 2 is 1.87 bits per heavy atom. The molecule has 1 aliphatic rings. The molecule has 1 aromatic carbocycles. The summed E-state index contributed by atoms with van der Waals surface area (Å²) in [5.41, 5.74) is 1.38. The lowest BCUT2D eigenvalue weighted by Crippen LogP contribution is -2.48. The molecule has 0 N–H and O–H groups in total. The van der Waals surface area contributed by atoms with Gasteiger partial charge in [-0.15, -0.1) is 0 Å². The first-order valence-corrected chi connectivity index (χ1v) is 8.13. The Hall–Kier alpha value is -1.78. The van der Waals surface area contributed by atoms with E-state index in [1.165, 1.54) is 0 Å². The van der Waals surface area contributed by atoms with Gasteiger partial charge >= 0.3 is 0 Å². The van der Waals surface area contributed by atoms with Crippen molar-refractivity contribution in [2.45, 2.75) is 33.0 Å². The molecule has 1 fully saturated rings. The first-order chi connectivity index (χ1) is 11.0. The molecule has 23 heavy (non-hydrogen) atoms. The van der Waals surface area contributed by atoms with Crippen molar-refractivity contribution < 1.29 is 13.9 Å². The number of furan rings is 1. The lowest BCUT2D eigenvalue weighted by atomic mass is 10.1. The van der Waals surface area contributed by atoms with E-state index in [2.05, 4.69) is 0 Å². The molecule has 122 valence electrons. The van der Waals surface area contributed by atoms with Crippen molar-refractivity contribution in [3.8, 4) is 11.3 Å². The van der Waals surface area contributed by atoms with Gasteiger partial charge in [0.15, 0.2) is 0 Å². The maximum absolute atomic E-state index is 12.8. The highest BCUT2D eigenvalue weighted by atomic mass is 35.5. The smallest absolute Gasteiger partial charge is 0.257 e. The van der Waals surface area contributed by atoms with Crippen LogP contribution in [0.25, 0.3) is 11.3 Å². The summed E-state index contributed by atoms with van der Waals surface area (Å²) in [6.45, 7) is 6.95. The normalized spacial score (nSPS) is 21.5. The zero-order chi connectivity index (χ0) is 16.6. The summed E-state index contributed by atoms with van der Waals surface area (Å²) >= 11 is 6.21. The SMILES string of the molecule is Cc1oc(-c2ccccc2Cl)cc1C(=O)N1C[C@@H](C)O[C@@H](C)C1. The Bertz CT molecular complexity index is 715. The molecule has 0 bridgehead atoms. The van der Waals surface area contributed by atoms with E-state index >= 15 is 0 Å². The van der Waals surface area contributed by atoms with Crippen molar-refractivity contribution >= 4 is 17.5 Å². The van der Waals surface area contributed by atoms with Gasteiger partial charge in [-0.25, -0.2) is 0 Å². The highest BCUT2D eigenvalue weighted by Crippen LogP contribution is 2.31. The van der Waals surface area contributed by atoms with Gasteiger partial charge in [-0.3, -0.25) is 4.79 Å². The Kier molecular flexibility index (Phi) is 4.46. The topological polar surface area (TPSA) is 42.7 Å². The number of halogens is 1. The Morgan fingerprint density at radius 3 is 2.52 bits per heavy atom. The zero-order valence-electron chi connectivity index (χ0n) is 13.5. The maximum atomic E-state index is 12.8. The maximum Gasteiger partial charge on any atom is 0.257 e. The molecule has 1 amide bonds. The summed E-state index contributed by atoms with van der Waals surface area (Å²) in [7, 11) is 0. The highest BCUT2D eigenvalue weighted by Gasteiger charge is 2.29. The number of hydrogen-bond acceptors (Lipinski definition) is 3. The number of amides is 1. The van der Waals surface area contributed by atoms with Crippen molar-refractivity contribution in [2.24, 2.45) is 0 Å². The van der Waals surface area contributed by atoms with E-state index < -0.39 is 0 Å². The molecule has 2 aromatic rings. The van der Waals surface area contributed by atoms with E-state index in [4.69, 9.17) is 20.8 Å². The van der Waals surface area contributed by atoms with Crippen molar-refractivity contribution in [2.75, 3.05) is 13.1 Å². The molecular weight excluding hydrogens is 314 g/mol.